The number of rotatable bonds is 5. The number of carbonyl (C=O) groups is 1. The number of hydrogen-bond acceptors (Lipinski definition) is 5. The van der Waals surface area contributed by atoms with E-state index in [2.05, 4.69) is 4.98 Å². The first-order valence-corrected chi connectivity index (χ1v) is 6.62. The van der Waals surface area contributed by atoms with E-state index in [0.29, 0.717) is 17.1 Å². The quantitative estimate of drug-likeness (QED) is 0.884. The number of carbonyl (C=O) groups excluding carboxylic acids is 1. The average molecular weight is 272 g/mol. The van der Waals surface area contributed by atoms with Crippen LogP contribution in [0, 0.1) is 6.92 Å². The minimum atomic E-state index is -0.537. The molecule has 6 heteroatoms. The molecule has 1 N–H and O–H groups in total. The Bertz CT molecular complexity index is 417. The minimum Gasteiger partial charge on any atom is -0.392 e. The summed E-state index contributed by atoms with van der Waals surface area (Å²) in [7, 11) is 3.29. The van der Waals surface area contributed by atoms with Gasteiger partial charge in [-0.05, 0) is 20.8 Å². The Morgan fingerprint density at radius 1 is 1.56 bits per heavy atom. The maximum atomic E-state index is 12.2. The molecule has 0 fully saturated rings. The number of aryl methyl sites for hydroxylation is 1. The summed E-state index contributed by atoms with van der Waals surface area (Å²) in [5.41, 5.74) is 0.710. The first-order valence-electron chi connectivity index (χ1n) is 5.80. The third kappa shape index (κ3) is 3.51. The molecular weight excluding hydrogens is 252 g/mol. The van der Waals surface area contributed by atoms with Crippen LogP contribution in [0.4, 0.5) is 0 Å². The van der Waals surface area contributed by atoms with Gasteiger partial charge < -0.3 is 14.7 Å². The summed E-state index contributed by atoms with van der Waals surface area (Å²) < 4.78 is 5.19. The van der Waals surface area contributed by atoms with Gasteiger partial charge >= 0.3 is 0 Å². The van der Waals surface area contributed by atoms with Gasteiger partial charge in [-0.15, -0.1) is 11.3 Å². The number of thiazole rings is 1. The monoisotopic (exact) mass is 272 g/mol. The first kappa shape index (κ1) is 15.1. The zero-order chi connectivity index (χ0) is 13.9. The molecular formula is C12H20N2O3S. The molecule has 1 rings (SSSR count). The normalized spacial score (nSPS) is 14.3. The van der Waals surface area contributed by atoms with E-state index in [4.69, 9.17) is 4.74 Å². The molecule has 0 saturated heterocycles. The Kier molecular flexibility index (Phi) is 5.25. The molecule has 0 saturated carbocycles. The van der Waals surface area contributed by atoms with Gasteiger partial charge in [0.05, 0.1) is 11.8 Å². The Balaban J connectivity index is 2.89. The van der Waals surface area contributed by atoms with E-state index in [0.717, 1.165) is 5.01 Å². The number of aromatic nitrogens is 1. The van der Waals surface area contributed by atoms with Crippen LogP contribution in [0.2, 0.25) is 0 Å². The van der Waals surface area contributed by atoms with Crippen LogP contribution in [-0.2, 0) is 4.74 Å². The van der Waals surface area contributed by atoms with Crippen LogP contribution in [-0.4, -0.2) is 47.7 Å². The van der Waals surface area contributed by atoms with Crippen molar-refractivity contribution in [2.24, 2.45) is 0 Å². The van der Waals surface area contributed by atoms with Crippen LogP contribution in [0.25, 0.3) is 0 Å². The Morgan fingerprint density at radius 3 is 2.67 bits per heavy atom. The molecule has 0 radical (unpaired) electrons. The number of nitrogens with zero attached hydrogens (tertiary/aromatic N) is 2. The number of likely N-dealkylation sites (N-methyl/N-ethyl adjacent to an activating group) is 1. The van der Waals surface area contributed by atoms with E-state index in [1.807, 2.05) is 13.8 Å². The Labute approximate surface area is 111 Å². The highest BCUT2D eigenvalue weighted by Gasteiger charge is 2.21. The van der Waals surface area contributed by atoms with Crippen LogP contribution < -0.4 is 0 Å². The van der Waals surface area contributed by atoms with Crippen LogP contribution in [0.5, 0.6) is 0 Å². The van der Waals surface area contributed by atoms with E-state index in [9.17, 15) is 9.90 Å². The predicted molar refractivity (Wildman–Crippen MR) is 70.9 cm³/mol. The highest BCUT2D eigenvalue weighted by atomic mass is 32.1. The van der Waals surface area contributed by atoms with Crippen LogP contribution in [0.3, 0.4) is 0 Å². The zero-order valence-electron chi connectivity index (χ0n) is 11.4. The molecule has 2 atom stereocenters. The minimum absolute atomic E-state index is 0.111. The molecule has 1 amide bonds. The van der Waals surface area contributed by atoms with E-state index in [1.54, 1.807) is 21.1 Å². The molecule has 0 aliphatic rings. The standard InChI is InChI=1S/C12H20N2O3S/c1-7(15)6-14(4)12(16)10-8(2)13-11(18-10)9(3)17-5/h7,9,15H,6H2,1-5H3. The topological polar surface area (TPSA) is 62.7 Å². The summed E-state index contributed by atoms with van der Waals surface area (Å²) in [6.07, 6.45) is -0.651. The summed E-state index contributed by atoms with van der Waals surface area (Å²) in [4.78, 5) is 18.6. The summed E-state index contributed by atoms with van der Waals surface area (Å²) in [5, 5.41) is 10.1. The van der Waals surface area contributed by atoms with Gasteiger partial charge in [0.1, 0.15) is 16.0 Å². The number of methoxy groups -OCH3 is 1. The molecule has 1 aromatic rings. The number of hydrogen-bond donors (Lipinski definition) is 1. The molecule has 18 heavy (non-hydrogen) atoms. The lowest BCUT2D eigenvalue weighted by atomic mass is 10.3. The molecule has 2 unspecified atom stereocenters. The molecule has 0 spiro atoms. The lowest BCUT2D eigenvalue weighted by molar-refractivity contribution is 0.0707. The van der Waals surface area contributed by atoms with Gasteiger partial charge in [0.25, 0.3) is 5.91 Å². The maximum absolute atomic E-state index is 12.2. The highest BCUT2D eigenvalue weighted by Crippen LogP contribution is 2.26. The van der Waals surface area contributed by atoms with Gasteiger partial charge in [-0.25, -0.2) is 4.98 Å². The second-order valence-electron chi connectivity index (χ2n) is 4.38. The molecule has 5 nitrogen and oxygen atoms in total. The van der Waals surface area contributed by atoms with Crippen molar-refractivity contribution in [1.29, 1.82) is 0 Å². The van der Waals surface area contributed by atoms with Crippen molar-refractivity contribution < 1.29 is 14.6 Å². The van der Waals surface area contributed by atoms with Crippen LogP contribution in [0.1, 0.15) is 40.3 Å². The van der Waals surface area contributed by atoms with E-state index < -0.39 is 6.10 Å². The van der Waals surface area contributed by atoms with Crippen molar-refractivity contribution >= 4 is 17.2 Å². The molecule has 102 valence electrons. The van der Waals surface area contributed by atoms with E-state index in [1.165, 1.54) is 16.2 Å². The Morgan fingerprint density at radius 2 is 2.17 bits per heavy atom. The number of aliphatic hydroxyl groups excluding tert-OH is 1. The zero-order valence-corrected chi connectivity index (χ0v) is 12.2. The van der Waals surface area contributed by atoms with Gasteiger partial charge in [-0.3, -0.25) is 4.79 Å². The van der Waals surface area contributed by atoms with Crippen molar-refractivity contribution in [3.8, 4) is 0 Å². The smallest absolute Gasteiger partial charge is 0.265 e. The lowest BCUT2D eigenvalue weighted by Gasteiger charge is -2.17. The largest absolute Gasteiger partial charge is 0.392 e. The summed E-state index contributed by atoms with van der Waals surface area (Å²) in [6, 6.07) is 0. The van der Waals surface area contributed by atoms with Gasteiger partial charge in [0, 0.05) is 20.7 Å². The average Bonchev–Trinajstić information content (AvgIpc) is 2.68. The van der Waals surface area contributed by atoms with Crippen LogP contribution in [0.15, 0.2) is 0 Å². The second kappa shape index (κ2) is 6.26. The molecule has 0 aliphatic heterocycles. The van der Waals surface area contributed by atoms with Crippen molar-refractivity contribution in [2.45, 2.75) is 33.0 Å². The third-order valence-corrected chi connectivity index (χ3v) is 3.90. The summed E-state index contributed by atoms with van der Waals surface area (Å²) in [6.45, 7) is 5.67. The lowest BCUT2D eigenvalue weighted by Crippen LogP contribution is -2.32. The fourth-order valence-corrected chi connectivity index (χ4v) is 2.63. The third-order valence-electron chi connectivity index (χ3n) is 2.59. The number of amides is 1. The van der Waals surface area contributed by atoms with E-state index >= 15 is 0 Å². The fraction of sp³-hybridized carbons (Fsp3) is 0.667. The summed E-state index contributed by atoms with van der Waals surface area (Å²) >= 11 is 1.35. The highest BCUT2D eigenvalue weighted by molar-refractivity contribution is 7.13. The van der Waals surface area contributed by atoms with Crippen molar-refractivity contribution in [3.63, 3.8) is 0 Å². The van der Waals surface area contributed by atoms with Gasteiger partial charge in [0.2, 0.25) is 0 Å². The van der Waals surface area contributed by atoms with Crippen molar-refractivity contribution in [3.05, 3.63) is 15.6 Å². The van der Waals surface area contributed by atoms with Gasteiger partial charge in [-0.2, -0.15) is 0 Å². The first-order chi connectivity index (χ1) is 8.36. The van der Waals surface area contributed by atoms with Crippen LogP contribution >= 0.6 is 11.3 Å². The van der Waals surface area contributed by atoms with E-state index in [-0.39, 0.29) is 12.0 Å². The number of aliphatic hydroxyl groups is 1. The Hall–Kier alpha value is -0.980. The summed E-state index contributed by atoms with van der Waals surface area (Å²) in [5.74, 6) is -0.111. The maximum Gasteiger partial charge on any atom is 0.265 e. The molecule has 1 heterocycles. The SMILES string of the molecule is COC(C)c1nc(C)c(C(=O)N(C)CC(C)O)s1. The fourth-order valence-electron chi connectivity index (χ4n) is 1.54. The van der Waals surface area contributed by atoms with Gasteiger partial charge in [0.15, 0.2) is 0 Å². The molecule has 0 bridgehead atoms. The van der Waals surface area contributed by atoms with Crippen molar-refractivity contribution in [1.82, 2.24) is 9.88 Å². The molecule has 1 aromatic heterocycles. The van der Waals surface area contributed by atoms with Gasteiger partial charge in [-0.1, -0.05) is 0 Å². The molecule has 0 aromatic carbocycles. The second-order valence-corrected chi connectivity index (χ2v) is 5.41. The van der Waals surface area contributed by atoms with Crippen molar-refractivity contribution in [2.75, 3.05) is 20.7 Å². The number of ether oxygens (including phenoxy) is 1. The predicted octanol–water partition coefficient (Wildman–Crippen LogP) is 1.61. The molecule has 0 aliphatic carbocycles.